The van der Waals surface area contributed by atoms with Crippen LogP contribution in [-0.2, 0) is 12.5 Å². The maximum atomic E-state index is 12.2. The van der Waals surface area contributed by atoms with Crippen LogP contribution in [0.1, 0.15) is 43.2 Å². The third kappa shape index (κ3) is 3.75. The smallest absolute Gasteiger partial charge is 0.268 e. The summed E-state index contributed by atoms with van der Waals surface area (Å²) in [4.78, 5) is 12.2. The Morgan fingerprint density at radius 3 is 2.43 bits per heavy atom. The van der Waals surface area contributed by atoms with Crippen LogP contribution in [-0.4, -0.2) is 16.5 Å². The van der Waals surface area contributed by atoms with Crippen LogP contribution in [0.25, 0.3) is 0 Å². The van der Waals surface area contributed by atoms with Gasteiger partial charge in [0.15, 0.2) is 0 Å². The third-order valence-electron chi connectivity index (χ3n) is 3.93. The Bertz CT molecular complexity index is 599. The maximum Gasteiger partial charge on any atom is 0.268 e. The van der Waals surface area contributed by atoms with Crippen molar-refractivity contribution in [3.05, 3.63) is 59.9 Å². The number of carbonyl (C=O) groups is 1. The van der Waals surface area contributed by atoms with Gasteiger partial charge in [-0.3, -0.25) is 4.79 Å². The number of carbonyl (C=O) groups excluding carboxylic acids is 1. The molecule has 1 atom stereocenters. The van der Waals surface area contributed by atoms with E-state index in [1.165, 1.54) is 5.56 Å². The molecule has 1 amide bonds. The number of amides is 1. The topological polar surface area (TPSA) is 34.0 Å². The molecule has 2 aromatic rings. The average molecular weight is 284 g/mol. The van der Waals surface area contributed by atoms with Crippen molar-refractivity contribution < 1.29 is 4.79 Å². The molecule has 0 aliphatic heterocycles. The molecule has 1 N–H and O–H groups in total. The molecule has 2 rings (SSSR count). The molecule has 1 aromatic carbocycles. The summed E-state index contributed by atoms with van der Waals surface area (Å²) in [5, 5.41) is 3.09. The Morgan fingerprint density at radius 1 is 1.19 bits per heavy atom. The van der Waals surface area contributed by atoms with E-state index in [-0.39, 0.29) is 17.4 Å². The van der Waals surface area contributed by atoms with Gasteiger partial charge in [-0.05, 0) is 36.5 Å². The van der Waals surface area contributed by atoms with Crippen LogP contribution >= 0.6 is 0 Å². The lowest BCUT2D eigenvalue weighted by Gasteiger charge is -2.29. The second-order valence-electron chi connectivity index (χ2n) is 6.33. The first-order chi connectivity index (χ1) is 9.90. The molecule has 0 radical (unpaired) electrons. The van der Waals surface area contributed by atoms with Gasteiger partial charge in [-0.2, -0.15) is 0 Å². The standard InChI is InChI=1S/C18H24N2O/c1-14(19-17(21)16-11-8-12-20(16)4)13-18(2,3)15-9-6-5-7-10-15/h5-12,14H,13H2,1-4H3,(H,19,21). The van der Waals surface area contributed by atoms with Gasteiger partial charge in [-0.1, -0.05) is 44.2 Å². The number of benzene rings is 1. The molecule has 0 spiro atoms. The first kappa shape index (κ1) is 15.4. The monoisotopic (exact) mass is 284 g/mol. The number of rotatable bonds is 5. The molecule has 112 valence electrons. The largest absolute Gasteiger partial charge is 0.348 e. The van der Waals surface area contributed by atoms with Crippen LogP contribution in [0, 0.1) is 0 Å². The van der Waals surface area contributed by atoms with Crippen LogP contribution in [0.4, 0.5) is 0 Å². The van der Waals surface area contributed by atoms with E-state index in [1.807, 2.05) is 36.0 Å². The van der Waals surface area contributed by atoms with Gasteiger partial charge in [0.05, 0.1) is 0 Å². The highest BCUT2D eigenvalue weighted by Crippen LogP contribution is 2.28. The van der Waals surface area contributed by atoms with E-state index in [9.17, 15) is 4.79 Å². The highest BCUT2D eigenvalue weighted by molar-refractivity contribution is 5.92. The number of hydrogen-bond acceptors (Lipinski definition) is 1. The number of nitrogens with zero attached hydrogens (tertiary/aromatic N) is 1. The van der Waals surface area contributed by atoms with Crippen molar-refractivity contribution in [1.29, 1.82) is 0 Å². The van der Waals surface area contributed by atoms with Crippen molar-refractivity contribution in [2.24, 2.45) is 7.05 Å². The second-order valence-corrected chi connectivity index (χ2v) is 6.33. The van der Waals surface area contributed by atoms with Crippen LogP contribution in [0.15, 0.2) is 48.7 Å². The molecule has 3 heteroatoms. The molecule has 1 unspecified atom stereocenters. The summed E-state index contributed by atoms with van der Waals surface area (Å²) in [6.07, 6.45) is 2.78. The lowest BCUT2D eigenvalue weighted by molar-refractivity contribution is 0.0926. The zero-order valence-corrected chi connectivity index (χ0v) is 13.3. The van der Waals surface area contributed by atoms with Gasteiger partial charge in [0.1, 0.15) is 5.69 Å². The number of nitrogens with one attached hydrogen (secondary N) is 1. The Morgan fingerprint density at radius 2 is 1.86 bits per heavy atom. The zero-order chi connectivity index (χ0) is 15.5. The number of hydrogen-bond donors (Lipinski definition) is 1. The molecule has 0 aliphatic rings. The molecule has 0 saturated heterocycles. The van der Waals surface area contributed by atoms with Crippen molar-refractivity contribution >= 4 is 5.91 Å². The van der Waals surface area contributed by atoms with E-state index in [0.717, 1.165) is 6.42 Å². The Balaban J connectivity index is 2.00. The molecule has 0 fully saturated rings. The lowest BCUT2D eigenvalue weighted by atomic mass is 9.79. The quantitative estimate of drug-likeness (QED) is 0.895. The van der Waals surface area contributed by atoms with Crippen LogP contribution < -0.4 is 5.32 Å². The fourth-order valence-corrected chi connectivity index (χ4v) is 2.82. The fraction of sp³-hybridized carbons (Fsp3) is 0.389. The second kappa shape index (κ2) is 6.17. The lowest BCUT2D eigenvalue weighted by Crippen LogP contribution is -2.37. The maximum absolute atomic E-state index is 12.2. The van der Waals surface area contributed by atoms with Crippen LogP contribution in [0.2, 0.25) is 0 Å². The normalized spacial score (nSPS) is 13.0. The van der Waals surface area contributed by atoms with Gasteiger partial charge in [0, 0.05) is 19.3 Å². The predicted molar refractivity (Wildman–Crippen MR) is 86.4 cm³/mol. The van der Waals surface area contributed by atoms with Gasteiger partial charge >= 0.3 is 0 Å². The highest BCUT2D eigenvalue weighted by atomic mass is 16.2. The molecule has 3 nitrogen and oxygen atoms in total. The third-order valence-corrected chi connectivity index (χ3v) is 3.93. The van der Waals surface area contributed by atoms with Crippen molar-refractivity contribution in [3.8, 4) is 0 Å². The van der Waals surface area contributed by atoms with E-state index in [4.69, 9.17) is 0 Å². The molecule has 1 heterocycles. The van der Waals surface area contributed by atoms with Crippen LogP contribution in [0.3, 0.4) is 0 Å². The minimum atomic E-state index is -0.0149. The molecular formula is C18H24N2O. The van der Waals surface area contributed by atoms with Crippen LogP contribution in [0.5, 0.6) is 0 Å². The summed E-state index contributed by atoms with van der Waals surface area (Å²) in [7, 11) is 1.88. The summed E-state index contributed by atoms with van der Waals surface area (Å²) in [6, 6.07) is 14.3. The van der Waals surface area contributed by atoms with Crippen molar-refractivity contribution in [2.45, 2.75) is 38.6 Å². The summed E-state index contributed by atoms with van der Waals surface area (Å²) in [5.41, 5.74) is 2.02. The minimum Gasteiger partial charge on any atom is -0.348 e. The molecule has 0 bridgehead atoms. The fourth-order valence-electron chi connectivity index (χ4n) is 2.82. The Hall–Kier alpha value is -2.03. The average Bonchev–Trinajstić information content (AvgIpc) is 2.85. The summed E-state index contributed by atoms with van der Waals surface area (Å²) < 4.78 is 1.84. The van der Waals surface area contributed by atoms with E-state index < -0.39 is 0 Å². The van der Waals surface area contributed by atoms with Gasteiger partial charge in [-0.25, -0.2) is 0 Å². The first-order valence-corrected chi connectivity index (χ1v) is 7.38. The molecule has 1 aromatic heterocycles. The molecule has 21 heavy (non-hydrogen) atoms. The summed E-state index contributed by atoms with van der Waals surface area (Å²) in [5.74, 6) is -0.0149. The van der Waals surface area contributed by atoms with Gasteiger partial charge in [0.25, 0.3) is 5.91 Å². The summed E-state index contributed by atoms with van der Waals surface area (Å²) in [6.45, 7) is 6.49. The van der Waals surface area contributed by atoms with E-state index >= 15 is 0 Å². The number of aromatic nitrogens is 1. The molecule has 0 saturated carbocycles. The Kier molecular flexibility index (Phi) is 4.51. The van der Waals surface area contributed by atoms with Gasteiger partial charge in [0.2, 0.25) is 0 Å². The van der Waals surface area contributed by atoms with E-state index in [2.05, 4.69) is 50.4 Å². The molecular weight excluding hydrogens is 260 g/mol. The van der Waals surface area contributed by atoms with E-state index in [1.54, 1.807) is 0 Å². The predicted octanol–water partition coefficient (Wildman–Crippen LogP) is 3.51. The number of aryl methyl sites for hydroxylation is 1. The van der Waals surface area contributed by atoms with E-state index in [0.29, 0.717) is 5.69 Å². The molecule has 0 aliphatic carbocycles. The first-order valence-electron chi connectivity index (χ1n) is 7.38. The van der Waals surface area contributed by atoms with Gasteiger partial charge < -0.3 is 9.88 Å². The van der Waals surface area contributed by atoms with Crippen molar-refractivity contribution in [3.63, 3.8) is 0 Å². The highest BCUT2D eigenvalue weighted by Gasteiger charge is 2.24. The zero-order valence-electron chi connectivity index (χ0n) is 13.3. The van der Waals surface area contributed by atoms with Crippen molar-refractivity contribution in [2.75, 3.05) is 0 Å². The SMILES string of the molecule is CC(CC(C)(C)c1ccccc1)NC(=O)c1cccn1C. The minimum absolute atomic E-state index is 0.0149. The summed E-state index contributed by atoms with van der Waals surface area (Å²) >= 11 is 0. The van der Waals surface area contributed by atoms with Crippen molar-refractivity contribution in [1.82, 2.24) is 9.88 Å². The Labute approximate surface area is 127 Å². The van der Waals surface area contributed by atoms with Gasteiger partial charge in [-0.15, -0.1) is 0 Å².